The van der Waals surface area contributed by atoms with Gasteiger partial charge in [0, 0.05) is 34.2 Å². The van der Waals surface area contributed by atoms with Gasteiger partial charge >= 0.3 is 12.0 Å². The number of urea groups is 1. The average molecular weight is 380 g/mol. The molecule has 1 aromatic carbocycles. The number of aromatic nitrogens is 1. The molecular weight excluding hydrogens is 362 g/mol. The second-order valence-corrected chi connectivity index (χ2v) is 6.70. The minimum atomic E-state index is -0.769. The zero-order chi connectivity index (χ0) is 16.4. The van der Waals surface area contributed by atoms with E-state index in [0.717, 1.165) is 21.1 Å². The molecule has 23 heavy (non-hydrogen) atoms. The van der Waals surface area contributed by atoms with Crippen LogP contribution in [0.1, 0.15) is 18.5 Å². The van der Waals surface area contributed by atoms with Gasteiger partial charge in [0.15, 0.2) is 0 Å². The van der Waals surface area contributed by atoms with Crippen LogP contribution in [0.15, 0.2) is 28.7 Å². The standard InChI is InChI=1S/C16H18BrN3O3/c17-12-1-2-14-11(7-12)8-13(19-14)9-18-16(23)20-5-3-10(4-6-20)15(21)22/h1-2,7-8,10,19H,3-6,9H2,(H,18,23)(H,21,22). The van der Waals surface area contributed by atoms with E-state index in [2.05, 4.69) is 26.2 Å². The Morgan fingerprint density at radius 3 is 2.74 bits per heavy atom. The molecule has 1 saturated heterocycles. The highest BCUT2D eigenvalue weighted by molar-refractivity contribution is 9.10. The van der Waals surface area contributed by atoms with Gasteiger partial charge in [0.25, 0.3) is 0 Å². The molecule has 0 aliphatic carbocycles. The lowest BCUT2D eigenvalue weighted by Crippen LogP contribution is -2.45. The number of fused-ring (bicyclic) bond motifs is 1. The number of rotatable bonds is 3. The minimum absolute atomic E-state index is 0.145. The smallest absolute Gasteiger partial charge is 0.317 e. The van der Waals surface area contributed by atoms with Crippen LogP contribution in [-0.2, 0) is 11.3 Å². The molecule has 0 radical (unpaired) electrons. The van der Waals surface area contributed by atoms with Crippen LogP contribution in [0.25, 0.3) is 10.9 Å². The topological polar surface area (TPSA) is 85.4 Å². The van der Waals surface area contributed by atoms with Gasteiger partial charge in [-0.05, 0) is 37.1 Å². The summed E-state index contributed by atoms with van der Waals surface area (Å²) in [6.07, 6.45) is 1.03. The molecule has 1 fully saturated rings. The van der Waals surface area contributed by atoms with Crippen LogP contribution < -0.4 is 5.32 Å². The molecule has 3 N–H and O–H groups in total. The predicted octanol–water partition coefficient (Wildman–Crippen LogP) is 2.94. The first-order chi connectivity index (χ1) is 11.0. The Morgan fingerprint density at radius 2 is 2.04 bits per heavy atom. The number of piperidine rings is 1. The van der Waals surface area contributed by atoms with E-state index < -0.39 is 5.97 Å². The van der Waals surface area contributed by atoms with Gasteiger partial charge in [0.05, 0.1) is 12.5 Å². The lowest BCUT2D eigenvalue weighted by molar-refractivity contribution is -0.143. The van der Waals surface area contributed by atoms with Crippen LogP contribution in [0.5, 0.6) is 0 Å². The number of aromatic amines is 1. The Labute approximate surface area is 142 Å². The van der Waals surface area contributed by atoms with E-state index in [9.17, 15) is 9.59 Å². The van der Waals surface area contributed by atoms with Crippen molar-refractivity contribution in [1.29, 1.82) is 0 Å². The highest BCUT2D eigenvalue weighted by atomic mass is 79.9. The van der Waals surface area contributed by atoms with Gasteiger partial charge in [-0.25, -0.2) is 4.79 Å². The number of carboxylic acid groups (broad SMARTS) is 1. The summed E-state index contributed by atoms with van der Waals surface area (Å²) in [5, 5.41) is 13.0. The maximum atomic E-state index is 12.2. The van der Waals surface area contributed by atoms with Crippen molar-refractivity contribution in [3.05, 3.63) is 34.4 Å². The second-order valence-electron chi connectivity index (χ2n) is 5.78. The second kappa shape index (κ2) is 6.62. The monoisotopic (exact) mass is 379 g/mol. The molecule has 2 amide bonds. The number of likely N-dealkylation sites (tertiary alicyclic amines) is 1. The Bertz CT molecular complexity index is 735. The molecule has 2 heterocycles. The van der Waals surface area contributed by atoms with Crippen molar-refractivity contribution < 1.29 is 14.7 Å². The van der Waals surface area contributed by atoms with E-state index >= 15 is 0 Å². The van der Waals surface area contributed by atoms with Crippen molar-refractivity contribution >= 4 is 38.8 Å². The molecule has 6 nitrogen and oxygen atoms in total. The van der Waals surface area contributed by atoms with Crippen molar-refractivity contribution in [1.82, 2.24) is 15.2 Å². The number of halogens is 1. The molecular formula is C16H18BrN3O3. The first-order valence-corrected chi connectivity index (χ1v) is 8.35. The first-order valence-electron chi connectivity index (χ1n) is 7.55. The third-order valence-corrected chi connectivity index (χ3v) is 4.69. The summed E-state index contributed by atoms with van der Waals surface area (Å²) >= 11 is 3.44. The summed E-state index contributed by atoms with van der Waals surface area (Å²) in [7, 11) is 0. The molecule has 0 unspecified atom stereocenters. The molecule has 0 spiro atoms. The van der Waals surface area contributed by atoms with Gasteiger partial charge in [-0.1, -0.05) is 15.9 Å². The van der Waals surface area contributed by atoms with Crippen LogP contribution >= 0.6 is 15.9 Å². The number of hydrogen-bond donors (Lipinski definition) is 3. The highest BCUT2D eigenvalue weighted by Crippen LogP contribution is 2.21. The van der Waals surface area contributed by atoms with Gasteiger partial charge in [-0.2, -0.15) is 0 Å². The van der Waals surface area contributed by atoms with Crippen LogP contribution in [-0.4, -0.2) is 40.1 Å². The van der Waals surface area contributed by atoms with Crippen molar-refractivity contribution in [3.8, 4) is 0 Å². The Balaban J connectivity index is 1.55. The summed E-state index contributed by atoms with van der Waals surface area (Å²) in [6, 6.07) is 7.84. The quantitative estimate of drug-likeness (QED) is 0.766. The third-order valence-electron chi connectivity index (χ3n) is 4.20. The summed E-state index contributed by atoms with van der Waals surface area (Å²) in [4.78, 5) is 28.0. The number of amides is 2. The molecule has 0 bridgehead atoms. The van der Waals surface area contributed by atoms with Crippen LogP contribution in [0, 0.1) is 5.92 Å². The zero-order valence-electron chi connectivity index (χ0n) is 12.5. The number of nitrogens with zero attached hydrogens (tertiary/aromatic N) is 1. The van der Waals surface area contributed by atoms with Crippen LogP contribution in [0.2, 0.25) is 0 Å². The number of carbonyl (C=O) groups is 2. The van der Waals surface area contributed by atoms with Gasteiger partial charge in [0.2, 0.25) is 0 Å². The van der Waals surface area contributed by atoms with Crippen molar-refractivity contribution in [3.63, 3.8) is 0 Å². The van der Waals surface area contributed by atoms with Crippen LogP contribution in [0.3, 0.4) is 0 Å². The van der Waals surface area contributed by atoms with E-state index in [0.29, 0.717) is 32.5 Å². The molecule has 3 rings (SSSR count). The van der Waals surface area contributed by atoms with E-state index in [-0.39, 0.29) is 11.9 Å². The molecule has 1 aliphatic rings. The van der Waals surface area contributed by atoms with Crippen LogP contribution in [0.4, 0.5) is 4.79 Å². The predicted molar refractivity (Wildman–Crippen MR) is 90.2 cm³/mol. The largest absolute Gasteiger partial charge is 0.481 e. The average Bonchev–Trinajstić information content (AvgIpc) is 2.94. The number of carboxylic acids is 1. The SMILES string of the molecule is O=C(O)C1CCN(C(=O)NCc2cc3cc(Br)ccc3[nH]2)CC1. The first kappa shape index (κ1) is 15.9. The van der Waals surface area contributed by atoms with Gasteiger partial charge in [0.1, 0.15) is 0 Å². The Hall–Kier alpha value is -2.02. The maximum Gasteiger partial charge on any atom is 0.317 e. The lowest BCUT2D eigenvalue weighted by Gasteiger charge is -2.30. The number of aliphatic carboxylic acids is 1. The molecule has 1 aromatic heterocycles. The van der Waals surface area contributed by atoms with Gasteiger partial charge in [-0.3, -0.25) is 4.79 Å². The minimum Gasteiger partial charge on any atom is -0.481 e. The fourth-order valence-corrected chi connectivity index (χ4v) is 3.25. The van der Waals surface area contributed by atoms with Crippen molar-refractivity contribution in [2.24, 2.45) is 5.92 Å². The molecule has 2 aromatic rings. The molecule has 0 saturated carbocycles. The number of hydrogen-bond acceptors (Lipinski definition) is 2. The molecule has 0 atom stereocenters. The fourth-order valence-electron chi connectivity index (χ4n) is 2.87. The summed E-state index contributed by atoms with van der Waals surface area (Å²) < 4.78 is 1.01. The fraction of sp³-hybridized carbons (Fsp3) is 0.375. The van der Waals surface area contributed by atoms with E-state index in [4.69, 9.17) is 5.11 Å². The number of nitrogens with one attached hydrogen (secondary N) is 2. The Morgan fingerprint density at radius 1 is 1.30 bits per heavy atom. The summed E-state index contributed by atoms with van der Waals surface area (Å²) in [6.45, 7) is 1.40. The number of benzene rings is 1. The number of H-pyrrole nitrogens is 1. The molecule has 1 aliphatic heterocycles. The van der Waals surface area contributed by atoms with Gasteiger partial charge in [-0.15, -0.1) is 0 Å². The Kier molecular flexibility index (Phi) is 4.56. The van der Waals surface area contributed by atoms with E-state index in [1.54, 1.807) is 4.90 Å². The lowest BCUT2D eigenvalue weighted by atomic mass is 9.97. The third kappa shape index (κ3) is 3.67. The van der Waals surface area contributed by atoms with Crippen molar-refractivity contribution in [2.75, 3.05) is 13.1 Å². The molecule has 122 valence electrons. The normalized spacial score (nSPS) is 15.8. The zero-order valence-corrected chi connectivity index (χ0v) is 14.1. The van der Waals surface area contributed by atoms with Crippen molar-refractivity contribution in [2.45, 2.75) is 19.4 Å². The maximum absolute atomic E-state index is 12.2. The summed E-state index contributed by atoms with van der Waals surface area (Å²) in [5.74, 6) is -1.10. The van der Waals surface area contributed by atoms with E-state index in [1.165, 1.54) is 0 Å². The highest BCUT2D eigenvalue weighted by Gasteiger charge is 2.26. The number of carbonyl (C=O) groups excluding carboxylic acids is 1. The molecule has 7 heteroatoms. The van der Waals surface area contributed by atoms with Gasteiger partial charge < -0.3 is 20.3 Å². The summed E-state index contributed by atoms with van der Waals surface area (Å²) in [5.41, 5.74) is 1.96. The van der Waals surface area contributed by atoms with E-state index in [1.807, 2.05) is 24.3 Å².